The van der Waals surface area contributed by atoms with Crippen LogP contribution >= 0.6 is 11.3 Å². The minimum atomic E-state index is -0.203. The largest absolute Gasteiger partial charge is 0.480 e. The van der Waals surface area contributed by atoms with E-state index in [1.165, 1.54) is 0 Å². The quantitative estimate of drug-likeness (QED) is 0.858. The second-order valence-electron chi connectivity index (χ2n) is 5.83. The third kappa shape index (κ3) is 2.70. The van der Waals surface area contributed by atoms with Gasteiger partial charge in [-0.3, -0.25) is 0 Å². The molecule has 0 radical (unpaired) electrons. The molecular weight excluding hydrogens is 262 g/mol. The molecule has 108 valence electrons. The van der Waals surface area contributed by atoms with E-state index in [9.17, 15) is 5.11 Å². The van der Waals surface area contributed by atoms with Gasteiger partial charge in [-0.25, -0.2) is 0 Å². The van der Waals surface area contributed by atoms with Gasteiger partial charge in [0.05, 0.1) is 18.1 Å². The van der Waals surface area contributed by atoms with E-state index >= 15 is 0 Å². The lowest BCUT2D eigenvalue weighted by molar-refractivity contribution is -0.0729. The molecule has 0 amide bonds. The van der Waals surface area contributed by atoms with Crippen LogP contribution in [0.2, 0.25) is 0 Å². The van der Waals surface area contributed by atoms with Gasteiger partial charge in [-0.1, -0.05) is 25.2 Å². The van der Waals surface area contributed by atoms with Gasteiger partial charge in [0.15, 0.2) is 5.13 Å². The van der Waals surface area contributed by atoms with Crippen LogP contribution in [-0.2, 0) is 6.54 Å². The van der Waals surface area contributed by atoms with Crippen LogP contribution in [0.5, 0.6) is 5.88 Å². The number of thiazole rings is 1. The molecule has 1 heterocycles. The summed E-state index contributed by atoms with van der Waals surface area (Å²) >= 11 is 1.63. The zero-order chi connectivity index (χ0) is 14.2. The summed E-state index contributed by atoms with van der Waals surface area (Å²) in [6, 6.07) is 0.345. The number of aliphatic hydroxyl groups excluding tert-OH is 1. The summed E-state index contributed by atoms with van der Waals surface area (Å²) < 4.78 is 5.32. The molecule has 2 atom stereocenters. The van der Waals surface area contributed by atoms with Crippen LogP contribution in [0.4, 0.5) is 5.13 Å². The summed E-state index contributed by atoms with van der Waals surface area (Å²) in [5.41, 5.74) is -0.0533. The maximum absolute atomic E-state index is 9.74. The Morgan fingerprint density at radius 3 is 2.68 bits per heavy atom. The molecule has 1 aromatic rings. The Morgan fingerprint density at radius 2 is 2.21 bits per heavy atom. The van der Waals surface area contributed by atoms with Gasteiger partial charge in [0.1, 0.15) is 0 Å². The second kappa shape index (κ2) is 5.26. The van der Waals surface area contributed by atoms with Crippen molar-refractivity contribution in [1.29, 1.82) is 0 Å². The van der Waals surface area contributed by atoms with Gasteiger partial charge < -0.3 is 20.1 Å². The van der Waals surface area contributed by atoms with Gasteiger partial charge in [0.25, 0.3) is 0 Å². The maximum Gasteiger partial charge on any atom is 0.230 e. The predicted octanol–water partition coefficient (Wildman–Crippen LogP) is 1.47. The monoisotopic (exact) mass is 285 g/mol. The number of nitrogens with one attached hydrogen (secondary N) is 1. The molecule has 1 aliphatic rings. The van der Waals surface area contributed by atoms with Crippen molar-refractivity contribution in [3.8, 4) is 5.88 Å². The van der Waals surface area contributed by atoms with E-state index in [-0.39, 0.29) is 11.5 Å². The van der Waals surface area contributed by atoms with E-state index in [1.807, 2.05) is 19.0 Å². The van der Waals surface area contributed by atoms with Gasteiger partial charge in [-0.15, -0.1) is 0 Å². The molecule has 0 aromatic carbocycles. The zero-order valence-electron chi connectivity index (χ0n) is 12.2. The van der Waals surface area contributed by atoms with Crippen molar-refractivity contribution >= 4 is 16.5 Å². The van der Waals surface area contributed by atoms with E-state index < -0.39 is 0 Å². The smallest absolute Gasteiger partial charge is 0.230 e. The zero-order valence-corrected chi connectivity index (χ0v) is 13.0. The van der Waals surface area contributed by atoms with E-state index in [2.05, 4.69) is 24.1 Å². The summed E-state index contributed by atoms with van der Waals surface area (Å²) in [5, 5.41) is 14.2. The fourth-order valence-electron chi connectivity index (χ4n) is 2.25. The molecule has 0 spiro atoms. The first-order valence-corrected chi connectivity index (χ1v) is 7.30. The molecule has 1 fully saturated rings. The number of aliphatic hydroxyl groups is 1. The molecule has 6 heteroatoms. The number of nitrogens with zero attached hydrogens (tertiary/aromatic N) is 2. The lowest BCUT2D eigenvalue weighted by Gasteiger charge is -2.49. The first-order chi connectivity index (χ1) is 8.86. The average molecular weight is 285 g/mol. The molecule has 5 nitrogen and oxygen atoms in total. The van der Waals surface area contributed by atoms with Gasteiger partial charge in [-0.2, -0.15) is 4.98 Å². The number of hydrogen-bond donors (Lipinski definition) is 2. The average Bonchev–Trinajstić information content (AvgIpc) is 2.77. The summed E-state index contributed by atoms with van der Waals surface area (Å²) in [6.45, 7) is 4.91. The molecule has 0 aliphatic heterocycles. The van der Waals surface area contributed by atoms with Gasteiger partial charge in [0.2, 0.25) is 5.88 Å². The molecule has 1 aliphatic carbocycles. The molecule has 2 rings (SSSR count). The third-order valence-corrected chi connectivity index (χ3v) is 5.16. The Balaban J connectivity index is 2.00. The van der Waals surface area contributed by atoms with Crippen molar-refractivity contribution < 1.29 is 9.84 Å². The first-order valence-electron chi connectivity index (χ1n) is 6.48. The fourth-order valence-corrected chi connectivity index (χ4v) is 3.16. The van der Waals surface area contributed by atoms with E-state index in [1.54, 1.807) is 18.4 Å². The molecule has 1 saturated carbocycles. The van der Waals surface area contributed by atoms with E-state index in [4.69, 9.17) is 4.74 Å². The third-order valence-electron chi connectivity index (χ3n) is 3.95. The highest BCUT2D eigenvalue weighted by Crippen LogP contribution is 2.41. The Hall–Kier alpha value is -0.850. The van der Waals surface area contributed by atoms with Crippen LogP contribution in [0.15, 0.2) is 0 Å². The number of anilines is 1. The van der Waals surface area contributed by atoms with Crippen molar-refractivity contribution in [2.75, 3.05) is 26.1 Å². The molecule has 0 saturated heterocycles. The summed E-state index contributed by atoms with van der Waals surface area (Å²) in [6.07, 6.45) is 0.611. The summed E-state index contributed by atoms with van der Waals surface area (Å²) in [5.74, 6) is 0.693. The van der Waals surface area contributed by atoms with E-state index in [0.29, 0.717) is 11.9 Å². The Labute approximate surface area is 118 Å². The first kappa shape index (κ1) is 14.6. The molecule has 2 unspecified atom stereocenters. The van der Waals surface area contributed by atoms with Crippen molar-refractivity contribution in [2.45, 2.75) is 39.0 Å². The Bertz CT molecular complexity index is 445. The SMILES string of the molecule is COc1nc(N(C)C)sc1CNC1CC(O)C1(C)C. The molecule has 19 heavy (non-hydrogen) atoms. The van der Waals surface area contributed by atoms with Crippen molar-refractivity contribution in [1.82, 2.24) is 10.3 Å². The van der Waals surface area contributed by atoms with Crippen molar-refractivity contribution in [3.05, 3.63) is 4.88 Å². The van der Waals surface area contributed by atoms with Gasteiger partial charge in [0, 0.05) is 32.1 Å². The molecular formula is C13H23N3O2S. The van der Waals surface area contributed by atoms with Crippen LogP contribution in [0.3, 0.4) is 0 Å². The second-order valence-corrected chi connectivity index (χ2v) is 6.89. The summed E-state index contributed by atoms with van der Waals surface area (Å²) in [7, 11) is 5.59. The lowest BCUT2D eigenvalue weighted by atomic mass is 9.64. The highest BCUT2D eigenvalue weighted by atomic mass is 32.1. The van der Waals surface area contributed by atoms with Crippen LogP contribution < -0.4 is 15.0 Å². The van der Waals surface area contributed by atoms with Crippen LogP contribution in [0, 0.1) is 5.41 Å². The normalized spacial score (nSPS) is 24.9. The topological polar surface area (TPSA) is 57.6 Å². The standard InChI is InChI=1S/C13H23N3O2S/c1-13(2)9(6-10(13)17)14-7-8-11(18-5)15-12(19-8)16(3)4/h9-10,14,17H,6-7H2,1-5H3. The van der Waals surface area contributed by atoms with Gasteiger partial charge in [-0.05, 0) is 6.42 Å². The molecule has 0 bridgehead atoms. The highest BCUT2D eigenvalue weighted by Gasteiger charge is 2.46. The van der Waals surface area contributed by atoms with E-state index in [0.717, 1.165) is 23.0 Å². The number of rotatable bonds is 5. The highest BCUT2D eigenvalue weighted by molar-refractivity contribution is 7.15. The molecule has 2 N–H and O–H groups in total. The number of aromatic nitrogens is 1. The number of hydrogen-bond acceptors (Lipinski definition) is 6. The van der Waals surface area contributed by atoms with Crippen molar-refractivity contribution in [3.63, 3.8) is 0 Å². The maximum atomic E-state index is 9.74. The summed E-state index contributed by atoms with van der Waals surface area (Å²) in [4.78, 5) is 7.51. The van der Waals surface area contributed by atoms with Crippen molar-refractivity contribution in [2.24, 2.45) is 5.41 Å². The van der Waals surface area contributed by atoms with Crippen LogP contribution in [-0.4, -0.2) is 43.4 Å². The Kier molecular flexibility index (Phi) is 4.03. The number of methoxy groups -OCH3 is 1. The fraction of sp³-hybridized carbons (Fsp3) is 0.769. The Morgan fingerprint density at radius 1 is 1.53 bits per heavy atom. The predicted molar refractivity (Wildman–Crippen MR) is 78.0 cm³/mol. The van der Waals surface area contributed by atoms with Gasteiger partial charge >= 0.3 is 0 Å². The number of ether oxygens (including phenoxy) is 1. The van der Waals surface area contributed by atoms with Crippen LogP contribution in [0.1, 0.15) is 25.1 Å². The minimum Gasteiger partial charge on any atom is -0.480 e. The lowest BCUT2D eigenvalue weighted by Crippen LogP contribution is -2.59. The minimum absolute atomic E-state index is 0.0533. The molecule has 1 aromatic heterocycles. The van der Waals surface area contributed by atoms with Crippen LogP contribution in [0.25, 0.3) is 0 Å².